The number of sulfone groups is 2. The fourth-order valence-electron chi connectivity index (χ4n) is 3.64. The average molecular weight is 500 g/mol. The van der Waals surface area contributed by atoms with E-state index < -0.39 is 41.0 Å². The zero-order valence-electron chi connectivity index (χ0n) is 18.4. The van der Waals surface area contributed by atoms with Crippen molar-refractivity contribution in [2.24, 2.45) is 0 Å². The van der Waals surface area contributed by atoms with Crippen molar-refractivity contribution in [3.8, 4) is 11.5 Å². The van der Waals surface area contributed by atoms with Crippen LogP contribution < -0.4 is 14.6 Å². The molecule has 0 radical (unpaired) electrons. The summed E-state index contributed by atoms with van der Waals surface area (Å²) in [4.78, 5) is 11.7. The number of ketones is 1. The monoisotopic (exact) mass is 499 g/mol. The van der Waals surface area contributed by atoms with Crippen molar-refractivity contribution in [3.63, 3.8) is 0 Å². The van der Waals surface area contributed by atoms with Gasteiger partial charge in [0, 0.05) is 5.56 Å². The number of fused-ring (bicyclic) bond motifs is 2. The standard InChI is InChI=1S/C24H20O8S2/c1-14(4-8-21-23(25)17-12-15(31-2)6-10-19(17)33(21,27)28)5-9-22-24(26)18-13-16(32-3)7-11-20(18)34(22,29)30/h4-13,25H,1-3H3/p-1/b8-4+,14-5+,22-9-. The maximum atomic E-state index is 12.8. The number of hydrogen-bond acceptors (Lipinski definition) is 8. The highest BCUT2D eigenvalue weighted by molar-refractivity contribution is 7.97. The van der Waals surface area contributed by atoms with Gasteiger partial charge in [0.25, 0.3) is 0 Å². The van der Waals surface area contributed by atoms with Gasteiger partial charge >= 0.3 is 0 Å². The minimum Gasteiger partial charge on any atom is -0.871 e. The Morgan fingerprint density at radius 1 is 0.882 bits per heavy atom. The fraction of sp³-hybridized carbons (Fsp3) is 0.125. The number of allylic oxidation sites excluding steroid dienone is 6. The smallest absolute Gasteiger partial charge is 0.211 e. The summed E-state index contributed by atoms with van der Waals surface area (Å²) in [5.74, 6) is -0.601. The van der Waals surface area contributed by atoms with Gasteiger partial charge < -0.3 is 14.6 Å². The summed E-state index contributed by atoms with van der Waals surface area (Å²) < 4.78 is 61.2. The Labute approximate surface area is 197 Å². The molecule has 0 saturated carbocycles. The van der Waals surface area contributed by atoms with E-state index in [1.807, 2.05) is 0 Å². The number of Topliss-reactive ketones (excluding diaryl/α,β-unsaturated/α-hetero) is 1. The molecule has 0 saturated heterocycles. The van der Waals surface area contributed by atoms with Crippen molar-refractivity contribution < 1.29 is 36.2 Å². The minimum absolute atomic E-state index is 0.0265. The molecule has 0 unspecified atom stereocenters. The van der Waals surface area contributed by atoms with Crippen molar-refractivity contribution in [1.29, 1.82) is 0 Å². The van der Waals surface area contributed by atoms with Gasteiger partial charge in [-0.1, -0.05) is 23.5 Å². The molecule has 2 aliphatic rings. The van der Waals surface area contributed by atoms with Crippen molar-refractivity contribution in [1.82, 2.24) is 0 Å². The molecule has 0 amide bonds. The maximum Gasteiger partial charge on any atom is 0.211 e. The Hall–Kier alpha value is -3.63. The first kappa shape index (κ1) is 23.5. The molecule has 8 nitrogen and oxygen atoms in total. The van der Waals surface area contributed by atoms with Crippen LogP contribution in [0.2, 0.25) is 0 Å². The highest BCUT2D eigenvalue weighted by Gasteiger charge is 2.39. The lowest BCUT2D eigenvalue weighted by molar-refractivity contribution is -0.244. The quantitative estimate of drug-likeness (QED) is 0.454. The van der Waals surface area contributed by atoms with E-state index in [1.165, 1.54) is 74.9 Å². The fourth-order valence-corrected chi connectivity index (χ4v) is 6.70. The van der Waals surface area contributed by atoms with Crippen LogP contribution in [0, 0.1) is 0 Å². The number of carbonyl (C=O) groups is 1. The van der Waals surface area contributed by atoms with E-state index in [4.69, 9.17) is 9.47 Å². The van der Waals surface area contributed by atoms with Gasteiger partial charge in [-0.25, -0.2) is 16.8 Å². The molecule has 0 bridgehead atoms. The Bertz CT molecular complexity index is 1570. The third-order valence-electron chi connectivity index (χ3n) is 5.46. The van der Waals surface area contributed by atoms with Crippen LogP contribution in [-0.2, 0) is 19.7 Å². The maximum absolute atomic E-state index is 12.8. The Morgan fingerprint density at radius 2 is 1.44 bits per heavy atom. The summed E-state index contributed by atoms with van der Waals surface area (Å²) in [5.41, 5.74) is 0.477. The second-order valence-corrected chi connectivity index (χ2v) is 11.3. The minimum atomic E-state index is -4.00. The van der Waals surface area contributed by atoms with Crippen LogP contribution in [0.1, 0.15) is 22.8 Å². The zero-order valence-corrected chi connectivity index (χ0v) is 20.0. The molecule has 2 aliphatic heterocycles. The van der Waals surface area contributed by atoms with Gasteiger partial charge in [0.2, 0.25) is 25.5 Å². The molecule has 0 fully saturated rings. The summed E-state index contributed by atoms with van der Waals surface area (Å²) in [6, 6.07) is 8.29. The van der Waals surface area contributed by atoms with E-state index in [0.29, 0.717) is 17.1 Å². The average Bonchev–Trinajstić information content (AvgIpc) is 3.12. The highest BCUT2D eigenvalue weighted by atomic mass is 32.2. The topological polar surface area (TPSA) is 127 Å². The van der Waals surface area contributed by atoms with E-state index >= 15 is 0 Å². The van der Waals surface area contributed by atoms with Crippen LogP contribution in [-0.4, -0.2) is 36.8 Å². The summed E-state index contributed by atoms with van der Waals surface area (Å²) in [6.07, 6.45) is 5.07. The second kappa shape index (κ2) is 8.30. The lowest BCUT2D eigenvalue weighted by atomic mass is 10.1. The number of hydrogen-bond donors (Lipinski definition) is 0. The van der Waals surface area contributed by atoms with Crippen LogP contribution in [0.15, 0.2) is 85.9 Å². The Kier molecular flexibility index (Phi) is 5.74. The van der Waals surface area contributed by atoms with Gasteiger partial charge in [-0.3, -0.25) is 4.79 Å². The lowest BCUT2D eigenvalue weighted by Crippen LogP contribution is -2.03. The molecule has 2 aromatic rings. The van der Waals surface area contributed by atoms with E-state index in [9.17, 15) is 26.7 Å². The van der Waals surface area contributed by atoms with Gasteiger partial charge in [-0.05, 0) is 61.0 Å². The first-order valence-electron chi connectivity index (χ1n) is 9.91. The Morgan fingerprint density at radius 3 is 2.03 bits per heavy atom. The van der Waals surface area contributed by atoms with Crippen LogP contribution in [0.4, 0.5) is 0 Å². The number of benzene rings is 2. The van der Waals surface area contributed by atoms with Gasteiger partial charge in [0.15, 0.2) is 0 Å². The van der Waals surface area contributed by atoms with Gasteiger partial charge in [-0.2, -0.15) is 0 Å². The summed E-state index contributed by atoms with van der Waals surface area (Å²) in [6.45, 7) is 1.58. The number of rotatable bonds is 5. The van der Waals surface area contributed by atoms with Gasteiger partial charge in [0.1, 0.15) is 16.4 Å². The van der Waals surface area contributed by atoms with E-state index in [1.54, 1.807) is 6.92 Å². The number of methoxy groups -OCH3 is 2. The summed E-state index contributed by atoms with van der Waals surface area (Å²) in [7, 11) is -5.17. The Balaban J connectivity index is 1.66. The molecule has 2 aromatic carbocycles. The molecule has 0 spiro atoms. The molecule has 0 aliphatic carbocycles. The predicted molar refractivity (Wildman–Crippen MR) is 123 cm³/mol. The molecule has 2 heterocycles. The zero-order chi connectivity index (χ0) is 24.8. The highest BCUT2D eigenvalue weighted by Crippen LogP contribution is 2.39. The third kappa shape index (κ3) is 3.64. The van der Waals surface area contributed by atoms with Crippen LogP contribution in [0.5, 0.6) is 11.5 Å². The second-order valence-electron chi connectivity index (χ2n) is 7.53. The van der Waals surface area contributed by atoms with Crippen molar-refractivity contribution in [2.75, 3.05) is 14.2 Å². The van der Waals surface area contributed by atoms with Crippen molar-refractivity contribution >= 4 is 31.2 Å². The van der Waals surface area contributed by atoms with Crippen LogP contribution in [0.25, 0.3) is 5.76 Å². The largest absolute Gasteiger partial charge is 0.871 e. The van der Waals surface area contributed by atoms with Crippen molar-refractivity contribution in [2.45, 2.75) is 16.7 Å². The molecule has 0 aromatic heterocycles. The van der Waals surface area contributed by atoms with Crippen LogP contribution in [0.3, 0.4) is 0 Å². The van der Waals surface area contributed by atoms with Crippen molar-refractivity contribution in [3.05, 3.63) is 87.2 Å². The number of ether oxygens (including phenoxy) is 2. The first-order valence-corrected chi connectivity index (χ1v) is 12.9. The van der Waals surface area contributed by atoms with Crippen LogP contribution >= 0.6 is 0 Å². The van der Waals surface area contributed by atoms with Gasteiger partial charge in [-0.15, -0.1) is 0 Å². The predicted octanol–water partition coefficient (Wildman–Crippen LogP) is 2.58. The normalized spacial score (nSPS) is 19.6. The molecule has 34 heavy (non-hydrogen) atoms. The molecule has 176 valence electrons. The third-order valence-corrected chi connectivity index (χ3v) is 9.13. The molecular formula is C24H19O8S2-. The molecule has 4 rings (SSSR count). The molecule has 10 heteroatoms. The summed E-state index contributed by atoms with van der Waals surface area (Å²) >= 11 is 0. The lowest BCUT2D eigenvalue weighted by Gasteiger charge is -2.09. The number of carbonyl (C=O) groups excluding carboxylic acids is 1. The van der Waals surface area contributed by atoms with E-state index in [-0.39, 0.29) is 20.9 Å². The molecular weight excluding hydrogens is 480 g/mol. The molecule has 0 atom stereocenters. The van der Waals surface area contributed by atoms with E-state index in [2.05, 4.69) is 0 Å². The van der Waals surface area contributed by atoms with E-state index in [0.717, 1.165) is 0 Å². The molecule has 0 N–H and O–H groups in total. The SMILES string of the molecule is COc1ccc2c(c1)C([O-])=C(/C=C/C(C)=C/C=C1/C(=O)c3cc(OC)ccc3S1(=O)=O)S2(=O)=O. The van der Waals surface area contributed by atoms with Gasteiger partial charge in [0.05, 0.1) is 28.9 Å². The first-order chi connectivity index (χ1) is 16.0. The summed E-state index contributed by atoms with van der Waals surface area (Å²) in [5, 5.41) is 12.7.